The molecule has 7 unspecified atom stereocenters. The minimum Gasteiger partial charge on any atom is -0.393 e. The Morgan fingerprint density at radius 1 is 1.06 bits per heavy atom. The van der Waals surface area contributed by atoms with Crippen LogP contribution < -0.4 is 0 Å². The van der Waals surface area contributed by atoms with Crippen molar-refractivity contribution < 1.29 is 25.2 Å². The van der Waals surface area contributed by atoms with Gasteiger partial charge in [-0.25, -0.2) is 0 Å². The van der Waals surface area contributed by atoms with Gasteiger partial charge in [-0.1, -0.05) is 20.3 Å². The molecular formula is C12H24O5. The molecule has 4 N–H and O–H groups in total. The van der Waals surface area contributed by atoms with Crippen molar-refractivity contribution in [2.75, 3.05) is 0 Å². The van der Waals surface area contributed by atoms with Crippen LogP contribution in [0.5, 0.6) is 0 Å². The van der Waals surface area contributed by atoms with Gasteiger partial charge in [0.1, 0.15) is 18.3 Å². The van der Waals surface area contributed by atoms with E-state index in [1.54, 1.807) is 6.92 Å². The Labute approximate surface area is 102 Å². The van der Waals surface area contributed by atoms with Gasteiger partial charge < -0.3 is 25.2 Å². The Hall–Kier alpha value is -0.200. The zero-order valence-corrected chi connectivity index (χ0v) is 10.7. The lowest BCUT2D eigenvalue weighted by molar-refractivity contribution is -0.237. The summed E-state index contributed by atoms with van der Waals surface area (Å²) >= 11 is 0. The summed E-state index contributed by atoms with van der Waals surface area (Å²) in [6, 6.07) is 0. The van der Waals surface area contributed by atoms with E-state index in [0.717, 1.165) is 6.42 Å². The highest BCUT2D eigenvalue weighted by molar-refractivity contribution is 4.94. The van der Waals surface area contributed by atoms with E-state index < -0.39 is 36.6 Å². The first kappa shape index (κ1) is 14.9. The molecule has 1 aliphatic rings. The van der Waals surface area contributed by atoms with Crippen LogP contribution in [0.2, 0.25) is 0 Å². The summed E-state index contributed by atoms with van der Waals surface area (Å²) < 4.78 is 5.62. The number of aliphatic hydroxyl groups excluding tert-OH is 4. The second-order valence-electron chi connectivity index (χ2n) is 5.08. The molecule has 0 aromatic carbocycles. The molecule has 1 aliphatic heterocycles. The molecule has 0 aromatic rings. The van der Waals surface area contributed by atoms with E-state index in [2.05, 4.69) is 0 Å². The second kappa shape index (κ2) is 6.11. The van der Waals surface area contributed by atoms with Gasteiger partial charge in [0.2, 0.25) is 0 Å². The summed E-state index contributed by atoms with van der Waals surface area (Å²) in [5, 5.41) is 38.8. The third-order valence-corrected chi connectivity index (χ3v) is 3.53. The van der Waals surface area contributed by atoms with E-state index in [0.29, 0.717) is 0 Å². The standard InChI is InChI=1S/C12H24O5/c1-4-6(2)12-11(16)10(15)9(14)8(17-12)5-7(3)13/h6-16H,4-5H2,1-3H3. The van der Waals surface area contributed by atoms with Crippen molar-refractivity contribution in [2.45, 2.75) is 70.2 Å². The number of hydrogen-bond acceptors (Lipinski definition) is 5. The van der Waals surface area contributed by atoms with Gasteiger partial charge in [0, 0.05) is 6.42 Å². The first-order valence-electron chi connectivity index (χ1n) is 6.26. The SMILES string of the molecule is CCC(C)C1OC(CC(C)O)C(O)C(O)C1O. The van der Waals surface area contributed by atoms with Crippen LogP contribution >= 0.6 is 0 Å². The van der Waals surface area contributed by atoms with Gasteiger partial charge in [0.15, 0.2) is 0 Å². The summed E-state index contributed by atoms with van der Waals surface area (Å²) in [7, 11) is 0. The third kappa shape index (κ3) is 3.39. The van der Waals surface area contributed by atoms with E-state index >= 15 is 0 Å². The zero-order valence-electron chi connectivity index (χ0n) is 10.7. The van der Waals surface area contributed by atoms with E-state index in [1.165, 1.54) is 0 Å². The van der Waals surface area contributed by atoms with E-state index in [9.17, 15) is 20.4 Å². The molecule has 0 bridgehead atoms. The van der Waals surface area contributed by atoms with Crippen LogP contribution in [0.1, 0.15) is 33.6 Å². The molecule has 7 atom stereocenters. The first-order valence-corrected chi connectivity index (χ1v) is 6.26. The van der Waals surface area contributed by atoms with Crippen LogP contribution in [0.15, 0.2) is 0 Å². The lowest BCUT2D eigenvalue weighted by Gasteiger charge is -2.43. The fourth-order valence-corrected chi connectivity index (χ4v) is 2.21. The first-order chi connectivity index (χ1) is 7.88. The summed E-state index contributed by atoms with van der Waals surface area (Å²) in [4.78, 5) is 0. The lowest BCUT2D eigenvalue weighted by atomic mass is 9.86. The summed E-state index contributed by atoms with van der Waals surface area (Å²) in [6.45, 7) is 5.51. The molecule has 0 saturated carbocycles. The highest BCUT2D eigenvalue weighted by atomic mass is 16.5. The summed E-state index contributed by atoms with van der Waals surface area (Å²) in [5.41, 5.74) is 0. The van der Waals surface area contributed by atoms with E-state index in [-0.39, 0.29) is 12.3 Å². The minimum atomic E-state index is -1.22. The van der Waals surface area contributed by atoms with Gasteiger partial charge >= 0.3 is 0 Å². The van der Waals surface area contributed by atoms with Crippen molar-refractivity contribution in [1.82, 2.24) is 0 Å². The predicted molar refractivity (Wildman–Crippen MR) is 62.4 cm³/mol. The topological polar surface area (TPSA) is 90.2 Å². The molecule has 0 aliphatic carbocycles. The van der Waals surface area contributed by atoms with E-state index in [4.69, 9.17) is 4.74 Å². The van der Waals surface area contributed by atoms with Crippen LogP contribution in [-0.4, -0.2) is 57.0 Å². The number of hydrogen-bond donors (Lipinski definition) is 4. The fourth-order valence-electron chi connectivity index (χ4n) is 2.21. The molecule has 0 aromatic heterocycles. The van der Waals surface area contributed by atoms with Crippen molar-refractivity contribution in [2.24, 2.45) is 5.92 Å². The molecule has 1 saturated heterocycles. The van der Waals surface area contributed by atoms with Gasteiger partial charge in [0.05, 0.1) is 18.3 Å². The number of ether oxygens (including phenoxy) is 1. The Balaban J connectivity index is 2.75. The predicted octanol–water partition coefficient (Wildman–Crippen LogP) is -0.347. The molecule has 0 radical (unpaired) electrons. The average molecular weight is 248 g/mol. The Kier molecular flexibility index (Phi) is 5.34. The largest absolute Gasteiger partial charge is 0.393 e. The molecule has 5 nitrogen and oxygen atoms in total. The molecule has 0 spiro atoms. The maximum absolute atomic E-state index is 9.86. The molecule has 5 heteroatoms. The maximum atomic E-state index is 9.86. The Morgan fingerprint density at radius 2 is 1.65 bits per heavy atom. The molecule has 102 valence electrons. The molecular weight excluding hydrogens is 224 g/mol. The maximum Gasteiger partial charge on any atom is 0.111 e. The normalized spacial score (nSPS) is 42.2. The Bertz CT molecular complexity index is 233. The van der Waals surface area contributed by atoms with Gasteiger partial charge in [-0.15, -0.1) is 0 Å². The van der Waals surface area contributed by atoms with Crippen LogP contribution in [0.3, 0.4) is 0 Å². The molecule has 17 heavy (non-hydrogen) atoms. The Morgan fingerprint density at radius 3 is 2.12 bits per heavy atom. The van der Waals surface area contributed by atoms with Crippen molar-refractivity contribution >= 4 is 0 Å². The zero-order chi connectivity index (χ0) is 13.2. The number of aliphatic hydroxyl groups is 4. The summed E-state index contributed by atoms with van der Waals surface area (Å²) in [5.74, 6) is 0.0867. The van der Waals surface area contributed by atoms with Crippen LogP contribution in [-0.2, 0) is 4.74 Å². The van der Waals surface area contributed by atoms with Gasteiger partial charge in [-0.05, 0) is 12.8 Å². The van der Waals surface area contributed by atoms with Crippen molar-refractivity contribution in [1.29, 1.82) is 0 Å². The fraction of sp³-hybridized carbons (Fsp3) is 1.00. The van der Waals surface area contributed by atoms with Crippen molar-refractivity contribution in [3.05, 3.63) is 0 Å². The molecule has 1 heterocycles. The molecule has 0 amide bonds. The smallest absolute Gasteiger partial charge is 0.111 e. The monoisotopic (exact) mass is 248 g/mol. The average Bonchev–Trinajstić information content (AvgIpc) is 2.28. The molecule has 1 fully saturated rings. The lowest BCUT2D eigenvalue weighted by Crippen LogP contribution is -2.59. The quantitative estimate of drug-likeness (QED) is 0.546. The van der Waals surface area contributed by atoms with Crippen molar-refractivity contribution in [3.8, 4) is 0 Å². The summed E-state index contributed by atoms with van der Waals surface area (Å²) in [6.07, 6.45) is -4.13. The highest BCUT2D eigenvalue weighted by Gasteiger charge is 2.45. The van der Waals surface area contributed by atoms with Crippen LogP contribution in [0.4, 0.5) is 0 Å². The minimum absolute atomic E-state index is 0.0867. The van der Waals surface area contributed by atoms with Crippen LogP contribution in [0.25, 0.3) is 0 Å². The van der Waals surface area contributed by atoms with E-state index in [1.807, 2.05) is 13.8 Å². The van der Waals surface area contributed by atoms with Gasteiger partial charge in [0.25, 0.3) is 0 Å². The van der Waals surface area contributed by atoms with Crippen LogP contribution in [0, 0.1) is 5.92 Å². The molecule has 1 rings (SSSR count). The second-order valence-corrected chi connectivity index (χ2v) is 5.08. The third-order valence-electron chi connectivity index (χ3n) is 3.53. The van der Waals surface area contributed by atoms with Gasteiger partial charge in [-0.3, -0.25) is 0 Å². The van der Waals surface area contributed by atoms with Gasteiger partial charge in [-0.2, -0.15) is 0 Å². The number of rotatable bonds is 4. The highest BCUT2D eigenvalue weighted by Crippen LogP contribution is 2.29. The van der Waals surface area contributed by atoms with Crippen molar-refractivity contribution in [3.63, 3.8) is 0 Å².